The van der Waals surface area contributed by atoms with Gasteiger partial charge in [-0.15, -0.1) is 0 Å². The predicted molar refractivity (Wildman–Crippen MR) is 105 cm³/mol. The average molecular weight is 366 g/mol. The molecule has 126 valence electrons. The topological polar surface area (TPSA) is 29.5 Å². The van der Waals surface area contributed by atoms with Crippen LogP contribution in [0.1, 0.15) is 13.8 Å². The monoisotopic (exact) mass is 365 g/mol. The number of nitrogens with zero attached hydrogens (tertiary/aromatic N) is 1. The van der Waals surface area contributed by atoms with Gasteiger partial charge in [-0.05, 0) is 33.5 Å². The Labute approximate surface area is 140 Å². The van der Waals surface area contributed by atoms with Crippen LogP contribution in [0.2, 0.25) is 58.9 Å². The molecular weight excluding hydrogens is 330 g/mol. The van der Waals surface area contributed by atoms with Crippen molar-refractivity contribution in [2.75, 3.05) is 0 Å². The molecule has 0 unspecified atom stereocenters. The first-order chi connectivity index (χ1) is 8.87. The van der Waals surface area contributed by atoms with E-state index in [4.69, 9.17) is 17.1 Å². The van der Waals surface area contributed by atoms with Crippen molar-refractivity contribution in [2.24, 2.45) is 0 Å². The highest BCUT2D eigenvalue weighted by Crippen LogP contribution is 2.33. The lowest BCUT2D eigenvalue weighted by atomic mass is 10.1. The van der Waals surface area contributed by atoms with Crippen molar-refractivity contribution in [3.05, 3.63) is 0 Å². The number of thiol groups is 1. The van der Waals surface area contributed by atoms with Gasteiger partial charge in [0, 0.05) is 4.75 Å². The van der Waals surface area contributed by atoms with E-state index in [-0.39, 0.29) is 12.0 Å². The third kappa shape index (κ3) is 7.03. The smallest absolute Gasteiger partial charge is 0.310 e. The fourth-order valence-corrected chi connectivity index (χ4v) is 14.5. The van der Waals surface area contributed by atoms with Gasteiger partial charge in [-0.2, -0.15) is 12.6 Å². The van der Waals surface area contributed by atoms with Gasteiger partial charge in [-0.1, -0.05) is 39.3 Å². The molecule has 0 saturated carbocycles. The summed E-state index contributed by atoms with van der Waals surface area (Å²) < 4.78 is 7.94. The first-order valence-corrected chi connectivity index (χ1v) is 18.4. The van der Waals surface area contributed by atoms with Crippen molar-refractivity contribution < 1.29 is 9.22 Å². The van der Waals surface area contributed by atoms with Crippen LogP contribution in [0.15, 0.2) is 0 Å². The van der Waals surface area contributed by atoms with Gasteiger partial charge in [0.2, 0.25) is 8.32 Å². The molecule has 0 saturated heterocycles. The van der Waals surface area contributed by atoms with E-state index in [9.17, 15) is 4.79 Å². The van der Waals surface area contributed by atoms with Gasteiger partial charge in [-0.3, -0.25) is 4.79 Å². The molecule has 7 heteroatoms. The zero-order valence-corrected chi connectivity index (χ0v) is 19.7. The van der Waals surface area contributed by atoms with Crippen LogP contribution >= 0.6 is 12.6 Å². The second-order valence-electron chi connectivity index (χ2n) is 9.30. The molecule has 0 rings (SSSR count). The van der Waals surface area contributed by atoms with Crippen molar-refractivity contribution >= 4 is 43.4 Å². The van der Waals surface area contributed by atoms with E-state index >= 15 is 0 Å². The highest BCUT2D eigenvalue weighted by molar-refractivity contribution is 7.81. The molecule has 0 aromatic rings. The zero-order chi connectivity index (χ0) is 17.4. The Bertz CT molecular complexity index is 362. The van der Waals surface area contributed by atoms with Gasteiger partial charge < -0.3 is 8.66 Å². The van der Waals surface area contributed by atoms with Crippen LogP contribution in [0.5, 0.6) is 0 Å². The molecule has 0 aliphatic heterocycles. The van der Waals surface area contributed by atoms with Crippen molar-refractivity contribution in [1.82, 2.24) is 4.23 Å². The van der Waals surface area contributed by atoms with Crippen LogP contribution in [0.25, 0.3) is 0 Å². The summed E-state index contributed by atoms with van der Waals surface area (Å²) in [6.07, 6.45) is 0. The van der Waals surface area contributed by atoms with E-state index < -0.39 is 29.5 Å². The van der Waals surface area contributed by atoms with E-state index in [0.29, 0.717) is 0 Å². The van der Waals surface area contributed by atoms with Crippen LogP contribution in [0.4, 0.5) is 0 Å². The molecule has 0 amide bonds. The van der Waals surface area contributed by atoms with Gasteiger partial charge in [0.25, 0.3) is 0 Å². The summed E-state index contributed by atoms with van der Waals surface area (Å²) in [6, 6.07) is -0.272. The Hall–Kier alpha value is 0.431. The summed E-state index contributed by atoms with van der Waals surface area (Å²) in [4.78, 5) is 12.9. The molecule has 21 heavy (non-hydrogen) atoms. The van der Waals surface area contributed by atoms with Crippen LogP contribution in [-0.2, 0) is 9.22 Å². The molecule has 0 N–H and O–H groups in total. The largest absolute Gasteiger partial charge is 0.519 e. The number of carbonyl (C=O) groups excluding carboxylic acids is 1. The SMILES string of the molecule is CC(C)(S)[C@H](C(=O)O[Si](C)(C)C)N([Si](C)(C)C)[Si](C)(C)C. The lowest BCUT2D eigenvalue weighted by molar-refractivity contribution is -0.139. The van der Waals surface area contributed by atoms with Gasteiger partial charge in [0.1, 0.15) is 22.5 Å². The molecule has 0 aliphatic carbocycles. The fourth-order valence-electron chi connectivity index (χ4n) is 2.85. The summed E-state index contributed by atoms with van der Waals surface area (Å²) in [7, 11) is -5.25. The minimum absolute atomic E-state index is 0.0842. The zero-order valence-electron chi connectivity index (χ0n) is 15.8. The molecule has 0 aliphatic rings. The third-order valence-electron chi connectivity index (χ3n) is 3.00. The van der Waals surface area contributed by atoms with Crippen LogP contribution in [-0.4, -0.2) is 45.8 Å². The lowest BCUT2D eigenvalue weighted by Gasteiger charge is -2.51. The van der Waals surface area contributed by atoms with Crippen LogP contribution < -0.4 is 0 Å². The second-order valence-corrected chi connectivity index (χ2v) is 25.0. The third-order valence-corrected chi connectivity index (χ3v) is 11.5. The maximum Gasteiger partial charge on any atom is 0.310 e. The normalized spacial score (nSPS) is 16.0. The van der Waals surface area contributed by atoms with Crippen molar-refractivity contribution in [1.29, 1.82) is 0 Å². The number of carbonyl (C=O) groups is 1. The fraction of sp³-hybridized carbons (Fsp3) is 0.929. The van der Waals surface area contributed by atoms with Crippen molar-refractivity contribution in [3.63, 3.8) is 0 Å². The molecule has 0 bridgehead atoms. The summed E-state index contributed by atoms with van der Waals surface area (Å²) >= 11 is 4.76. The Kier molecular flexibility index (Phi) is 6.64. The van der Waals surface area contributed by atoms with Gasteiger partial charge in [0.15, 0.2) is 0 Å². The number of hydrogen-bond acceptors (Lipinski definition) is 4. The van der Waals surface area contributed by atoms with E-state index in [1.54, 1.807) is 0 Å². The molecule has 0 heterocycles. The summed E-state index contributed by atoms with van der Waals surface area (Å²) in [5, 5.41) is 0. The lowest BCUT2D eigenvalue weighted by Crippen LogP contribution is -2.69. The van der Waals surface area contributed by atoms with Crippen molar-refractivity contribution in [3.8, 4) is 0 Å². The Balaban J connectivity index is 5.86. The number of rotatable bonds is 6. The molecule has 3 nitrogen and oxygen atoms in total. The molecule has 0 aromatic carbocycles. The molecule has 0 aromatic heterocycles. The highest BCUT2D eigenvalue weighted by Gasteiger charge is 2.49. The van der Waals surface area contributed by atoms with E-state index in [0.717, 1.165) is 0 Å². The first kappa shape index (κ1) is 21.4. The minimum atomic E-state index is -1.91. The van der Waals surface area contributed by atoms with Crippen molar-refractivity contribution in [2.45, 2.75) is 83.6 Å². The predicted octanol–water partition coefficient (Wildman–Crippen LogP) is 4.41. The summed E-state index contributed by atoms with van der Waals surface area (Å²) in [6.45, 7) is 24.1. The van der Waals surface area contributed by atoms with E-state index in [2.05, 4.69) is 63.2 Å². The molecule has 0 spiro atoms. The summed E-state index contributed by atoms with van der Waals surface area (Å²) in [5.74, 6) is -0.0842. The van der Waals surface area contributed by atoms with Gasteiger partial charge in [0.05, 0.1) is 0 Å². The maximum atomic E-state index is 12.9. The Morgan fingerprint density at radius 2 is 1.29 bits per heavy atom. The van der Waals surface area contributed by atoms with Crippen LogP contribution in [0, 0.1) is 0 Å². The summed E-state index contributed by atoms with van der Waals surface area (Å²) in [5.41, 5.74) is 0. The quantitative estimate of drug-likeness (QED) is 0.558. The second kappa shape index (κ2) is 6.51. The molecule has 1 atom stereocenters. The van der Waals surface area contributed by atoms with Gasteiger partial charge in [-0.25, -0.2) is 0 Å². The Morgan fingerprint density at radius 3 is 1.48 bits per heavy atom. The Morgan fingerprint density at radius 1 is 0.952 bits per heavy atom. The number of hydrogen-bond donors (Lipinski definition) is 1. The molecule has 0 fully saturated rings. The van der Waals surface area contributed by atoms with Crippen LogP contribution in [0.3, 0.4) is 0 Å². The molecule has 0 radical (unpaired) electrons. The maximum absolute atomic E-state index is 12.9. The average Bonchev–Trinajstić information content (AvgIpc) is 2.03. The van der Waals surface area contributed by atoms with E-state index in [1.807, 2.05) is 13.8 Å². The minimum Gasteiger partial charge on any atom is -0.519 e. The van der Waals surface area contributed by atoms with E-state index in [1.165, 1.54) is 0 Å². The van der Waals surface area contributed by atoms with Gasteiger partial charge >= 0.3 is 5.97 Å². The molecular formula is C14H35NO2SSi3. The standard InChI is InChI=1S/C14H35NO2SSi3/c1-14(2,18)12(13(16)17-21(9,10)11)15(19(3,4)5)20(6,7)8/h12,18H,1-11H3/t12-/m0/s1. The first-order valence-electron chi connectivity index (χ1n) is 7.62. The highest BCUT2D eigenvalue weighted by atomic mass is 32.1.